The Morgan fingerprint density at radius 3 is 2.46 bits per heavy atom. The molecule has 0 atom stereocenters. The summed E-state index contributed by atoms with van der Waals surface area (Å²) in [4.78, 5) is 12.5. The molecule has 0 fully saturated rings. The fraction of sp³-hybridized carbons (Fsp3) is 0.0952. The fourth-order valence-electron chi connectivity index (χ4n) is 2.54. The van der Waals surface area contributed by atoms with E-state index in [0.717, 1.165) is 0 Å². The van der Waals surface area contributed by atoms with Gasteiger partial charge in [0.25, 0.3) is 5.91 Å². The average Bonchev–Trinajstić information content (AvgIpc) is 2.68. The Balaban J connectivity index is 1.77. The number of hydrogen-bond acceptors (Lipinski definition) is 3. The molecule has 26 heavy (non-hydrogen) atoms. The van der Waals surface area contributed by atoms with Gasteiger partial charge in [-0.05, 0) is 36.4 Å². The van der Waals surface area contributed by atoms with Gasteiger partial charge in [0.1, 0.15) is 11.6 Å². The molecule has 4 nitrogen and oxygen atoms in total. The number of hydrogen-bond donors (Lipinski definition) is 2. The Bertz CT molecular complexity index is 898. The predicted molar refractivity (Wildman–Crippen MR) is 101 cm³/mol. The van der Waals surface area contributed by atoms with Crippen LogP contribution < -0.4 is 15.4 Å². The molecule has 0 radical (unpaired) electrons. The Morgan fingerprint density at radius 1 is 1.00 bits per heavy atom. The molecule has 3 aromatic rings. The van der Waals surface area contributed by atoms with Gasteiger partial charge in [-0.3, -0.25) is 4.79 Å². The van der Waals surface area contributed by atoms with Crippen molar-refractivity contribution in [3.05, 3.63) is 89.7 Å². The van der Waals surface area contributed by atoms with Crippen LogP contribution in [0.15, 0.2) is 72.8 Å². The van der Waals surface area contributed by atoms with E-state index in [-0.39, 0.29) is 18.3 Å². The third-order valence-corrected chi connectivity index (χ3v) is 3.92. The van der Waals surface area contributed by atoms with Crippen LogP contribution in [0.4, 0.5) is 15.8 Å². The molecule has 3 aromatic carbocycles. The topological polar surface area (TPSA) is 50.4 Å². The van der Waals surface area contributed by atoms with Crippen LogP contribution in [0.5, 0.6) is 5.75 Å². The molecule has 0 saturated carbocycles. The van der Waals surface area contributed by atoms with Crippen LogP contribution in [-0.4, -0.2) is 13.0 Å². The van der Waals surface area contributed by atoms with Crippen LogP contribution in [0.3, 0.4) is 0 Å². The van der Waals surface area contributed by atoms with Crippen LogP contribution in [0.25, 0.3) is 0 Å². The van der Waals surface area contributed by atoms with Crippen molar-refractivity contribution in [3.8, 4) is 5.75 Å². The molecule has 0 heterocycles. The van der Waals surface area contributed by atoms with Crippen LogP contribution >= 0.6 is 0 Å². The molecule has 132 valence electrons. The van der Waals surface area contributed by atoms with Crippen molar-refractivity contribution >= 4 is 17.3 Å². The minimum absolute atomic E-state index is 0.229. The number of rotatable bonds is 6. The molecule has 3 rings (SSSR count). The van der Waals surface area contributed by atoms with E-state index in [2.05, 4.69) is 10.6 Å². The summed E-state index contributed by atoms with van der Waals surface area (Å²) in [6.07, 6.45) is 0. The highest BCUT2D eigenvalue weighted by Gasteiger charge is 2.11. The summed E-state index contributed by atoms with van der Waals surface area (Å²) in [5.74, 6) is 0.0716. The van der Waals surface area contributed by atoms with Crippen LogP contribution in [0.1, 0.15) is 15.9 Å². The lowest BCUT2D eigenvalue weighted by Gasteiger charge is -2.13. The maximum atomic E-state index is 13.8. The Morgan fingerprint density at radius 2 is 1.73 bits per heavy atom. The third-order valence-electron chi connectivity index (χ3n) is 3.92. The Hall–Kier alpha value is -3.34. The number of methoxy groups -OCH3 is 1. The molecule has 0 spiro atoms. The van der Waals surface area contributed by atoms with Crippen LogP contribution in [-0.2, 0) is 6.54 Å². The highest BCUT2D eigenvalue weighted by molar-refractivity contribution is 6.05. The monoisotopic (exact) mass is 350 g/mol. The molecule has 0 aliphatic heterocycles. The van der Waals surface area contributed by atoms with Crippen molar-refractivity contribution in [1.82, 2.24) is 0 Å². The first-order valence-corrected chi connectivity index (χ1v) is 8.19. The fourth-order valence-corrected chi connectivity index (χ4v) is 2.54. The standard InChI is InChI=1S/C21H19FN2O2/c1-26-20-12-11-15(21(25)24-17-8-3-2-4-9-17)13-19(20)23-14-16-7-5-6-10-18(16)22/h2-13,23H,14H2,1H3,(H,24,25). The third kappa shape index (κ3) is 4.19. The van der Waals surface area contributed by atoms with E-state index < -0.39 is 0 Å². The largest absolute Gasteiger partial charge is 0.495 e. The first-order valence-electron chi connectivity index (χ1n) is 8.19. The lowest BCUT2D eigenvalue weighted by Crippen LogP contribution is -2.12. The number of halogens is 1. The average molecular weight is 350 g/mol. The lowest BCUT2D eigenvalue weighted by molar-refractivity contribution is 0.102. The SMILES string of the molecule is COc1ccc(C(=O)Nc2ccccc2)cc1NCc1ccccc1F. The Kier molecular flexibility index (Phi) is 5.49. The molecule has 1 amide bonds. The highest BCUT2D eigenvalue weighted by atomic mass is 19.1. The summed E-state index contributed by atoms with van der Waals surface area (Å²) in [7, 11) is 1.55. The summed E-state index contributed by atoms with van der Waals surface area (Å²) in [6.45, 7) is 0.285. The van der Waals surface area contributed by atoms with Crippen molar-refractivity contribution in [2.45, 2.75) is 6.54 Å². The number of carbonyl (C=O) groups is 1. The zero-order chi connectivity index (χ0) is 18.4. The van der Waals surface area contributed by atoms with Crippen molar-refractivity contribution in [2.24, 2.45) is 0 Å². The maximum Gasteiger partial charge on any atom is 0.255 e. The highest BCUT2D eigenvalue weighted by Crippen LogP contribution is 2.27. The molecule has 5 heteroatoms. The van der Waals surface area contributed by atoms with Gasteiger partial charge in [-0.25, -0.2) is 4.39 Å². The van der Waals surface area contributed by atoms with E-state index in [4.69, 9.17) is 4.74 Å². The molecule has 0 unspecified atom stereocenters. The van der Waals surface area contributed by atoms with E-state index in [0.29, 0.717) is 28.3 Å². The molecule has 0 aromatic heterocycles. The molecule has 0 bridgehead atoms. The number of ether oxygens (including phenoxy) is 1. The van der Waals surface area contributed by atoms with Gasteiger partial charge in [0.2, 0.25) is 0 Å². The van der Waals surface area contributed by atoms with Gasteiger partial charge in [0, 0.05) is 23.4 Å². The number of para-hydroxylation sites is 1. The van der Waals surface area contributed by atoms with E-state index >= 15 is 0 Å². The number of amides is 1. The second kappa shape index (κ2) is 8.16. The summed E-state index contributed by atoms with van der Waals surface area (Å²) in [5.41, 5.74) is 2.35. The quantitative estimate of drug-likeness (QED) is 0.677. The van der Waals surface area contributed by atoms with Crippen molar-refractivity contribution in [1.29, 1.82) is 0 Å². The minimum atomic E-state index is -0.281. The Labute approximate surface area is 151 Å². The number of carbonyl (C=O) groups excluding carboxylic acids is 1. The molecular weight excluding hydrogens is 331 g/mol. The van der Waals surface area contributed by atoms with Crippen LogP contribution in [0.2, 0.25) is 0 Å². The number of nitrogens with one attached hydrogen (secondary N) is 2. The van der Waals surface area contributed by atoms with Gasteiger partial charge in [0.05, 0.1) is 12.8 Å². The van der Waals surface area contributed by atoms with E-state index in [1.807, 2.05) is 30.3 Å². The lowest BCUT2D eigenvalue weighted by atomic mass is 10.1. The molecule has 0 aliphatic rings. The second-order valence-electron chi connectivity index (χ2n) is 5.68. The van der Waals surface area contributed by atoms with E-state index in [1.165, 1.54) is 6.07 Å². The molecular formula is C21H19FN2O2. The predicted octanol–water partition coefficient (Wildman–Crippen LogP) is 4.70. The van der Waals surface area contributed by atoms with Crippen molar-refractivity contribution < 1.29 is 13.9 Å². The number of anilines is 2. The zero-order valence-corrected chi connectivity index (χ0v) is 14.3. The van der Waals surface area contributed by atoms with Gasteiger partial charge in [-0.2, -0.15) is 0 Å². The van der Waals surface area contributed by atoms with Gasteiger partial charge in [-0.15, -0.1) is 0 Å². The van der Waals surface area contributed by atoms with Crippen molar-refractivity contribution in [3.63, 3.8) is 0 Å². The van der Waals surface area contributed by atoms with E-state index in [9.17, 15) is 9.18 Å². The van der Waals surface area contributed by atoms with E-state index in [1.54, 1.807) is 43.5 Å². The maximum absolute atomic E-state index is 13.8. The molecule has 0 saturated heterocycles. The summed E-state index contributed by atoms with van der Waals surface area (Å²) < 4.78 is 19.1. The zero-order valence-electron chi connectivity index (χ0n) is 14.3. The molecule has 2 N–H and O–H groups in total. The van der Waals surface area contributed by atoms with Gasteiger partial charge < -0.3 is 15.4 Å². The summed E-state index contributed by atoms with van der Waals surface area (Å²) in [6, 6.07) is 20.9. The normalized spacial score (nSPS) is 10.2. The number of benzene rings is 3. The second-order valence-corrected chi connectivity index (χ2v) is 5.68. The summed E-state index contributed by atoms with van der Waals surface area (Å²) >= 11 is 0. The van der Waals surface area contributed by atoms with Gasteiger partial charge in [-0.1, -0.05) is 36.4 Å². The first-order chi connectivity index (χ1) is 12.7. The van der Waals surface area contributed by atoms with Gasteiger partial charge >= 0.3 is 0 Å². The van der Waals surface area contributed by atoms with Crippen LogP contribution in [0, 0.1) is 5.82 Å². The smallest absolute Gasteiger partial charge is 0.255 e. The summed E-state index contributed by atoms with van der Waals surface area (Å²) in [5, 5.41) is 5.97. The molecule has 0 aliphatic carbocycles. The first kappa shape index (κ1) is 17.5. The minimum Gasteiger partial charge on any atom is -0.495 e. The van der Waals surface area contributed by atoms with Gasteiger partial charge in [0.15, 0.2) is 0 Å². The van der Waals surface area contributed by atoms with Crippen molar-refractivity contribution in [2.75, 3.05) is 17.7 Å².